The Labute approximate surface area is 391 Å². The highest BCUT2D eigenvalue weighted by Crippen LogP contribution is 2.66. The normalized spacial score (nSPS) is 15.8. The molecule has 76 heavy (non-hydrogen) atoms. The molecule has 0 spiro atoms. The summed E-state index contributed by atoms with van der Waals surface area (Å²) < 4.78 is 506. The van der Waals surface area contributed by atoms with Crippen molar-refractivity contribution in [2.45, 2.75) is 127 Å². The largest absolute Gasteiger partial charge is 0.465 e. The Morgan fingerprint density at radius 3 is 0.947 bits per heavy atom. The van der Waals surface area contributed by atoms with Crippen molar-refractivity contribution in [3.05, 3.63) is 29.8 Å². The van der Waals surface area contributed by atoms with E-state index in [9.17, 15) is 177 Å². The molecule has 1 aromatic rings. The number of benzene rings is 1. The van der Waals surface area contributed by atoms with E-state index in [4.69, 9.17) is 0 Å². The number of urea groups is 1. The van der Waals surface area contributed by atoms with Crippen molar-refractivity contribution in [1.82, 2.24) is 5.32 Å². The van der Waals surface area contributed by atoms with Gasteiger partial charge in [0, 0.05) is 5.69 Å². The molecule has 0 saturated carbocycles. The average Bonchev–Trinajstić information content (AvgIpc) is 3.21. The Kier molecular flexibility index (Phi) is 18.3. The molecule has 444 valence electrons. The molecule has 1 atom stereocenters. The summed E-state index contributed by atoms with van der Waals surface area (Å²) in [5, 5.41) is 2.43. The van der Waals surface area contributed by atoms with E-state index >= 15 is 0 Å². The number of rotatable bonds is 23. The zero-order chi connectivity index (χ0) is 61.2. The van der Waals surface area contributed by atoms with Gasteiger partial charge in [0.1, 0.15) is 6.04 Å². The summed E-state index contributed by atoms with van der Waals surface area (Å²) in [5.41, 5.74) is -2.40. The van der Waals surface area contributed by atoms with Gasteiger partial charge in [0.25, 0.3) is 0 Å². The first-order chi connectivity index (χ1) is 33.0. The molecule has 1 rings (SSSR count). The minimum Gasteiger partial charge on any atom is -0.465 e. The van der Waals surface area contributed by atoms with Crippen LogP contribution in [0.2, 0.25) is 0 Å². The van der Waals surface area contributed by atoms with Crippen LogP contribution in [0.15, 0.2) is 24.3 Å². The van der Waals surface area contributed by atoms with E-state index in [1.165, 1.54) is 5.32 Å². The summed E-state index contributed by atoms with van der Waals surface area (Å²) in [6, 6.07) is -4.69. The van der Waals surface area contributed by atoms with E-state index in [0.717, 1.165) is 5.32 Å². The Balaban J connectivity index is 3.55. The van der Waals surface area contributed by atoms with Crippen LogP contribution in [-0.4, -0.2) is 132 Å². The van der Waals surface area contributed by atoms with E-state index in [1.54, 1.807) is 0 Å². The Hall–Kier alpha value is -5.16. The van der Waals surface area contributed by atoms with E-state index in [0.29, 0.717) is 12.1 Å². The third kappa shape index (κ3) is 11.4. The first kappa shape index (κ1) is 68.9. The van der Waals surface area contributed by atoms with Gasteiger partial charge in [0.2, 0.25) is 0 Å². The molecular formula is C32H17F37N2O5. The van der Waals surface area contributed by atoms with Gasteiger partial charge in [0.05, 0.1) is 38.0 Å². The highest BCUT2D eigenvalue weighted by Gasteiger charge is 2.97. The molecule has 0 heterocycles. The van der Waals surface area contributed by atoms with Crippen LogP contribution in [0.4, 0.5) is 173 Å². The van der Waals surface area contributed by atoms with Gasteiger partial charge >= 0.3 is 119 Å². The van der Waals surface area contributed by atoms with Crippen molar-refractivity contribution in [2.75, 3.05) is 18.5 Å². The molecule has 0 fully saturated rings. The summed E-state index contributed by atoms with van der Waals surface area (Å²) in [6.07, 6.45) is -31.0. The molecule has 2 amide bonds. The van der Waals surface area contributed by atoms with E-state index in [-0.39, 0.29) is 12.1 Å². The molecule has 2 N–H and O–H groups in total. The first-order valence-corrected chi connectivity index (χ1v) is 18.0. The van der Waals surface area contributed by atoms with Crippen molar-refractivity contribution in [3.63, 3.8) is 0 Å². The predicted molar refractivity (Wildman–Crippen MR) is 165 cm³/mol. The Bertz CT molecular complexity index is 2210. The Morgan fingerprint density at radius 2 is 0.658 bits per heavy atom. The molecule has 0 aliphatic rings. The van der Waals surface area contributed by atoms with Crippen LogP contribution in [-0.2, 0) is 25.2 Å². The van der Waals surface area contributed by atoms with Gasteiger partial charge in [-0.25, -0.2) is 9.59 Å². The van der Waals surface area contributed by atoms with E-state index in [2.05, 4.69) is 9.47 Å². The molecular weight excluding hydrogens is 1200 g/mol. The molecule has 0 radical (unpaired) electrons. The summed E-state index contributed by atoms with van der Waals surface area (Å²) in [4.78, 5) is 37.1. The van der Waals surface area contributed by atoms with Crippen molar-refractivity contribution < 1.29 is 186 Å². The lowest BCUT2D eigenvalue weighted by atomic mass is 9.88. The zero-order valence-corrected chi connectivity index (χ0v) is 34.4. The third-order valence-electron chi connectivity index (χ3n) is 9.34. The van der Waals surface area contributed by atoms with Crippen LogP contribution in [0.5, 0.6) is 0 Å². The van der Waals surface area contributed by atoms with Crippen LogP contribution in [0, 0.1) is 0 Å². The van der Waals surface area contributed by atoms with Crippen LogP contribution < -0.4 is 10.6 Å². The van der Waals surface area contributed by atoms with Gasteiger partial charge < -0.3 is 20.1 Å². The predicted octanol–water partition coefficient (Wildman–Crippen LogP) is 13.5. The third-order valence-corrected chi connectivity index (χ3v) is 9.34. The number of amides is 2. The lowest BCUT2D eigenvalue weighted by Gasteiger charge is -2.42. The van der Waals surface area contributed by atoms with E-state index < -0.39 is 169 Å². The molecule has 0 aliphatic carbocycles. The number of hydrogen-bond acceptors (Lipinski definition) is 5. The lowest BCUT2D eigenvalue weighted by molar-refractivity contribution is -0.461. The number of hydrogen-bond donors (Lipinski definition) is 2. The van der Waals surface area contributed by atoms with Crippen molar-refractivity contribution in [2.24, 2.45) is 0 Å². The number of nitrogens with one attached hydrogen (secondary N) is 2. The molecule has 1 aromatic carbocycles. The number of halogens is 37. The maximum Gasteiger partial charge on any atom is 0.460 e. The molecule has 7 nitrogen and oxygen atoms in total. The number of carbonyl (C=O) groups is 3. The second kappa shape index (κ2) is 20.3. The molecule has 0 bridgehead atoms. The summed E-state index contributed by atoms with van der Waals surface area (Å²) in [7, 11) is 0. The van der Waals surface area contributed by atoms with Gasteiger partial charge in [-0.2, -0.15) is 162 Å². The molecule has 44 heteroatoms. The zero-order valence-electron chi connectivity index (χ0n) is 34.4. The molecule has 0 aliphatic heterocycles. The number of carbonyl (C=O) groups excluding carboxylic acids is 3. The van der Waals surface area contributed by atoms with Crippen molar-refractivity contribution in [1.29, 1.82) is 0 Å². The van der Waals surface area contributed by atoms with Crippen LogP contribution in [0.3, 0.4) is 0 Å². The topological polar surface area (TPSA) is 93.7 Å². The number of esters is 2. The smallest absolute Gasteiger partial charge is 0.460 e. The summed E-state index contributed by atoms with van der Waals surface area (Å²) >= 11 is 0. The number of anilines is 1. The lowest BCUT2D eigenvalue weighted by Crippen LogP contribution is -2.74. The maximum absolute atomic E-state index is 14.3. The summed E-state index contributed by atoms with van der Waals surface area (Å²) in [5.74, 6) is -126. The summed E-state index contributed by atoms with van der Waals surface area (Å²) in [6.45, 7) is -5.76. The molecule has 1 unspecified atom stereocenters. The Morgan fingerprint density at radius 1 is 0.382 bits per heavy atom. The highest BCUT2D eigenvalue weighted by atomic mass is 19.5. The van der Waals surface area contributed by atoms with Crippen LogP contribution in [0.1, 0.15) is 24.8 Å². The standard InChI is InChI=1S/C32H17F37N2O5/c33-16(34,19(40,41)21(44,45)23(48,49)25(52,53)27(56,57)29(60,61)31(64,65)66)5-7-75-13(72)9-12(71-15(74)70-11-3-1-10(2-4-11)18(37,38)39)14(73)76-8-6-17(35,36)20(42,43)22(46,47)24(50,51)26(54,55)28(58,59)30(62,63)32(67,68)69/h1-4,12H,5-9H2,(H2,70,71,74). The fraction of sp³-hybridized carbons (Fsp3) is 0.719. The SMILES string of the molecule is O=C(Nc1ccc(C(F)(F)F)cc1)NC(CC(=O)OCCC(F)(F)C(F)(F)C(F)(F)C(F)(F)C(F)(F)C(F)(F)C(F)(F)C(F)(F)F)C(=O)OCCC(F)(F)C(F)(F)C(F)(F)C(F)(F)C(F)(F)C(F)(F)C(F)(F)C(F)(F)F. The fourth-order valence-corrected chi connectivity index (χ4v) is 4.87. The van der Waals surface area contributed by atoms with Gasteiger partial charge in [-0.1, -0.05) is 0 Å². The average molecular weight is 1210 g/mol. The molecule has 0 saturated heterocycles. The first-order valence-electron chi connectivity index (χ1n) is 18.0. The minimum absolute atomic E-state index is 0.127. The number of alkyl halides is 37. The monoisotopic (exact) mass is 1210 g/mol. The molecule has 0 aromatic heterocycles. The van der Waals surface area contributed by atoms with Crippen LogP contribution >= 0.6 is 0 Å². The maximum atomic E-state index is 14.3. The van der Waals surface area contributed by atoms with Gasteiger partial charge in [-0.3, -0.25) is 4.79 Å². The van der Waals surface area contributed by atoms with E-state index in [1.807, 2.05) is 0 Å². The quantitative estimate of drug-likeness (QED) is 0.0841. The van der Waals surface area contributed by atoms with Crippen LogP contribution in [0.25, 0.3) is 0 Å². The van der Waals surface area contributed by atoms with Crippen molar-refractivity contribution >= 4 is 23.7 Å². The fourth-order valence-electron chi connectivity index (χ4n) is 4.87. The van der Waals surface area contributed by atoms with Gasteiger partial charge in [0.15, 0.2) is 0 Å². The highest BCUT2D eigenvalue weighted by molar-refractivity contribution is 5.94. The number of ether oxygens (including phenoxy) is 2. The second-order valence-electron chi connectivity index (χ2n) is 14.6. The van der Waals surface area contributed by atoms with Crippen molar-refractivity contribution in [3.8, 4) is 0 Å². The van der Waals surface area contributed by atoms with Gasteiger partial charge in [-0.05, 0) is 24.3 Å². The van der Waals surface area contributed by atoms with Gasteiger partial charge in [-0.15, -0.1) is 0 Å². The second-order valence-corrected chi connectivity index (χ2v) is 14.6. The minimum atomic E-state index is -9.12.